The monoisotopic (exact) mass is 368 g/mol. The summed E-state index contributed by atoms with van der Waals surface area (Å²) in [5.74, 6) is 1.42. The van der Waals surface area contributed by atoms with Crippen molar-refractivity contribution < 1.29 is 4.74 Å². The molecule has 0 saturated heterocycles. The van der Waals surface area contributed by atoms with Gasteiger partial charge in [0.2, 0.25) is 0 Å². The van der Waals surface area contributed by atoms with Crippen molar-refractivity contribution in [3.8, 4) is 5.75 Å². The van der Waals surface area contributed by atoms with Crippen LogP contribution in [0.4, 0.5) is 0 Å². The Kier molecular flexibility index (Phi) is 6.66. The normalized spacial score (nSPS) is 11.3. The van der Waals surface area contributed by atoms with E-state index in [1.54, 1.807) is 12.4 Å². The van der Waals surface area contributed by atoms with Crippen LogP contribution in [0.1, 0.15) is 31.3 Å². The molecule has 0 N–H and O–H groups in total. The Balaban J connectivity index is 2.07. The molecule has 0 unspecified atom stereocenters. The molecule has 5 nitrogen and oxygen atoms in total. The molecular formula is C17H22Cl2N4O. The fourth-order valence-corrected chi connectivity index (χ4v) is 3.05. The zero-order chi connectivity index (χ0) is 17.7. The average Bonchev–Trinajstić information content (AvgIpc) is 2.94. The quantitative estimate of drug-likeness (QED) is 0.649. The SMILES string of the molecule is C=CCOc1c(Cl)cc(CN(C)Cc2nncn2C(C)C)cc1Cl. The van der Waals surface area contributed by atoms with Crippen molar-refractivity contribution in [1.82, 2.24) is 19.7 Å². The lowest BCUT2D eigenvalue weighted by Crippen LogP contribution is -2.20. The first-order chi connectivity index (χ1) is 11.4. The molecule has 0 aliphatic heterocycles. The predicted octanol–water partition coefficient (Wildman–Crippen LogP) is 4.36. The van der Waals surface area contributed by atoms with E-state index in [1.165, 1.54) is 0 Å². The molecule has 1 aromatic heterocycles. The Morgan fingerprint density at radius 1 is 1.29 bits per heavy atom. The summed E-state index contributed by atoms with van der Waals surface area (Å²) in [4.78, 5) is 2.13. The Morgan fingerprint density at radius 3 is 2.54 bits per heavy atom. The van der Waals surface area contributed by atoms with Gasteiger partial charge < -0.3 is 9.30 Å². The second-order valence-corrected chi connectivity index (χ2v) is 6.72. The lowest BCUT2D eigenvalue weighted by Gasteiger charge is -2.19. The Bertz CT molecular complexity index is 677. The van der Waals surface area contributed by atoms with E-state index in [4.69, 9.17) is 27.9 Å². The van der Waals surface area contributed by atoms with Crippen LogP contribution in [0.2, 0.25) is 10.0 Å². The van der Waals surface area contributed by atoms with Gasteiger partial charge in [-0.25, -0.2) is 0 Å². The lowest BCUT2D eigenvalue weighted by atomic mass is 10.2. The van der Waals surface area contributed by atoms with Gasteiger partial charge in [0.1, 0.15) is 18.8 Å². The first-order valence-electron chi connectivity index (χ1n) is 7.71. The molecular weight excluding hydrogens is 347 g/mol. The summed E-state index contributed by atoms with van der Waals surface area (Å²) in [6, 6.07) is 4.07. The molecule has 130 valence electrons. The number of hydrogen-bond donors (Lipinski definition) is 0. The van der Waals surface area contributed by atoms with Crippen LogP contribution in [0.25, 0.3) is 0 Å². The summed E-state index contributed by atoms with van der Waals surface area (Å²) >= 11 is 12.5. The molecule has 0 fully saturated rings. The number of rotatable bonds is 8. The number of nitrogens with zero attached hydrogens (tertiary/aromatic N) is 4. The third kappa shape index (κ3) is 4.72. The van der Waals surface area contributed by atoms with E-state index < -0.39 is 0 Å². The highest BCUT2D eigenvalue weighted by Gasteiger charge is 2.13. The number of hydrogen-bond acceptors (Lipinski definition) is 4. The van der Waals surface area contributed by atoms with Crippen LogP contribution in [-0.4, -0.2) is 33.3 Å². The molecule has 2 aromatic rings. The molecule has 0 radical (unpaired) electrons. The van der Waals surface area contributed by atoms with Crippen LogP contribution in [-0.2, 0) is 13.1 Å². The van der Waals surface area contributed by atoms with Crippen molar-refractivity contribution in [3.63, 3.8) is 0 Å². The second kappa shape index (κ2) is 8.51. The van der Waals surface area contributed by atoms with Gasteiger partial charge in [-0.15, -0.1) is 10.2 Å². The number of ether oxygens (including phenoxy) is 1. The summed E-state index contributed by atoms with van der Waals surface area (Å²) < 4.78 is 7.55. The van der Waals surface area contributed by atoms with Gasteiger partial charge in [0.15, 0.2) is 5.75 Å². The van der Waals surface area contributed by atoms with Gasteiger partial charge in [0.05, 0.1) is 16.6 Å². The standard InChI is InChI=1S/C17H22Cl2N4O/c1-5-6-24-17-14(18)7-13(8-15(17)19)9-22(4)10-16-21-20-11-23(16)12(2)3/h5,7-8,11-12H,1,6,9-10H2,2-4H3. The molecule has 2 rings (SSSR count). The highest BCUT2D eigenvalue weighted by atomic mass is 35.5. The van der Waals surface area contributed by atoms with Gasteiger partial charge in [0.25, 0.3) is 0 Å². The smallest absolute Gasteiger partial charge is 0.156 e. The highest BCUT2D eigenvalue weighted by molar-refractivity contribution is 6.37. The third-order valence-electron chi connectivity index (χ3n) is 3.47. The average molecular weight is 369 g/mol. The molecule has 1 heterocycles. The van der Waals surface area contributed by atoms with Gasteiger partial charge in [-0.1, -0.05) is 35.9 Å². The van der Waals surface area contributed by atoms with Gasteiger partial charge >= 0.3 is 0 Å². The van der Waals surface area contributed by atoms with Crippen LogP contribution in [0, 0.1) is 0 Å². The van der Waals surface area contributed by atoms with Crippen molar-refractivity contribution in [2.24, 2.45) is 0 Å². The molecule has 0 saturated carbocycles. The van der Waals surface area contributed by atoms with Crippen LogP contribution in [0.15, 0.2) is 31.1 Å². The summed E-state index contributed by atoms with van der Waals surface area (Å²) in [6.45, 7) is 9.56. The number of halogens is 2. The van der Waals surface area contributed by atoms with E-state index in [1.807, 2.05) is 19.2 Å². The van der Waals surface area contributed by atoms with E-state index in [0.29, 0.717) is 41.5 Å². The van der Waals surface area contributed by atoms with Crippen LogP contribution in [0.3, 0.4) is 0 Å². The van der Waals surface area contributed by atoms with Crippen molar-refractivity contribution in [3.05, 3.63) is 52.5 Å². The van der Waals surface area contributed by atoms with Crippen LogP contribution < -0.4 is 4.74 Å². The lowest BCUT2D eigenvalue weighted by molar-refractivity contribution is 0.301. The molecule has 7 heteroatoms. The summed E-state index contributed by atoms with van der Waals surface area (Å²) in [5, 5.41) is 9.18. The Labute approximate surface area is 152 Å². The van der Waals surface area contributed by atoms with Gasteiger partial charge in [-0.05, 0) is 38.6 Å². The maximum Gasteiger partial charge on any atom is 0.156 e. The molecule has 1 aromatic carbocycles. The van der Waals surface area contributed by atoms with E-state index in [2.05, 4.69) is 40.1 Å². The van der Waals surface area contributed by atoms with E-state index in [0.717, 1.165) is 11.4 Å². The number of benzene rings is 1. The molecule has 0 spiro atoms. The minimum Gasteiger partial charge on any atom is -0.486 e. The second-order valence-electron chi connectivity index (χ2n) is 5.91. The Morgan fingerprint density at radius 2 is 1.96 bits per heavy atom. The fraction of sp³-hybridized carbons (Fsp3) is 0.412. The van der Waals surface area contributed by atoms with E-state index in [-0.39, 0.29) is 0 Å². The van der Waals surface area contributed by atoms with Crippen molar-refractivity contribution in [2.45, 2.75) is 33.0 Å². The first kappa shape index (κ1) is 18.8. The Hall–Kier alpha value is -1.56. The predicted molar refractivity (Wildman–Crippen MR) is 97.7 cm³/mol. The van der Waals surface area contributed by atoms with Gasteiger partial charge in [-0.2, -0.15) is 0 Å². The molecule has 0 amide bonds. The highest BCUT2D eigenvalue weighted by Crippen LogP contribution is 2.34. The van der Waals surface area contributed by atoms with Crippen LogP contribution >= 0.6 is 23.2 Å². The van der Waals surface area contributed by atoms with Crippen molar-refractivity contribution >= 4 is 23.2 Å². The first-order valence-corrected chi connectivity index (χ1v) is 8.46. The van der Waals surface area contributed by atoms with Gasteiger partial charge in [-0.3, -0.25) is 4.90 Å². The molecule has 0 atom stereocenters. The number of aromatic nitrogens is 3. The third-order valence-corrected chi connectivity index (χ3v) is 4.03. The summed E-state index contributed by atoms with van der Waals surface area (Å²) in [5.41, 5.74) is 1.01. The topological polar surface area (TPSA) is 43.2 Å². The van der Waals surface area contributed by atoms with Crippen molar-refractivity contribution in [1.29, 1.82) is 0 Å². The maximum absolute atomic E-state index is 6.27. The molecule has 0 bridgehead atoms. The fourth-order valence-electron chi connectivity index (χ4n) is 2.40. The molecule has 0 aliphatic rings. The summed E-state index contributed by atoms with van der Waals surface area (Å²) in [7, 11) is 2.02. The molecule has 0 aliphatic carbocycles. The van der Waals surface area contributed by atoms with E-state index in [9.17, 15) is 0 Å². The van der Waals surface area contributed by atoms with Crippen LogP contribution in [0.5, 0.6) is 5.75 Å². The zero-order valence-corrected chi connectivity index (χ0v) is 15.7. The van der Waals surface area contributed by atoms with E-state index >= 15 is 0 Å². The van der Waals surface area contributed by atoms with Crippen molar-refractivity contribution in [2.75, 3.05) is 13.7 Å². The molecule has 24 heavy (non-hydrogen) atoms. The largest absolute Gasteiger partial charge is 0.486 e. The zero-order valence-electron chi connectivity index (χ0n) is 14.2. The minimum atomic E-state index is 0.327. The summed E-state index contributed by atoms with van der Waals surface area (Å²) in [6.07, 6.45) is 3.41. The maximum atomic E-state index is 6.27. The minimum absolute atomic E-state index is 0.327. The van der Waals surface area contributed by atoms with Gasteiger partial charge in [0, 0.05) is 12.6 Å².